The Morgan fingerprint density at radius 1 is 1.00 bits per heavy atom. The molecule has 0 spiro atoms. The lowest BCUT2D eigenvalue weighted by Crippen LogP contribution is -2.48. The topological polar surface area (TPSA) is 90.7 Å². The molecule has 0 radical (unpaired) electrons. The second kappa shape index (κ2) is 11.8. The number of nitrogens with zero attached hydrogens (tertiary/aromatic N) is 7. The summed E-state index contributed by atoms with van der Waals surface area (Å²) in [6.07, 6.45) is 0. The van der Waals surface area contributed by atoms with Gasteiger partial charge in [0.05, 0.1) is 37.6 Å². The molecule has 2 aromatic carbocycles. The van der Waals surface area contributed by atoms with Gasteiger partial charge in [0.25, 0.3) is 0 Å². The maximum absolute atomic E-state index is 5.76. The van der Waals surface area contributed by atoms with Gasteiger partial charge in [-0.25, -0.2) is 9.67 Å². The summed E-state index contributed by atoms with van der Waals surface area (Å²) in [5, 5.41) is 13.7. The van der Waals surface area contributed by atoms with Gasteiger partial charge in [-0.05, 0) is 40.8 Å². The average Bonchev–Trinajstić information content (AvgIpc) is 3.55. The molecule has 5 rings (SSSR count). The minimum Gasteiger partial charge on any atom is -0.497 e. The van der Waals surface area contributed by atoms with Crippen LogP contribution >= 0.6 is 23.7 Å². The number of tetrazole rings is 1. The van der Waals surface area contributed by atoms with Crippen LogP contribution in [0.1, 0.15) is 17.4 Å². The van der Waals surface area contributed by atoms with Gasteiger partial charge in [0, 0.05) is 38.9 Å². The Hall–Kier alpha value is -2.99. The minimum absolute atomic E-state index is 0. The van der Waals surface area contributed by atoms with E-state index < -0.39 is 0 Å². The molecule has 0 bridgehead atoms. The zero-order chi connectivity index (χ0) is 24.2. The predicted octanol–water partition coefficient (Wildman–Crippen LogP) is 3.28. The van der Waals surface area contributed by atoms with Crippen LogP contribution in [0.2, 0.25) is 0 Å². The van der Waals surface area contributed by atoms with E-state index in [4.69, 9.17) is 19.2 Å². The van der Waals surface area contributed by atoms with E-state index in [-0.39, 0.29) is 18.4 Å². The van der Waals surface area contributed by atoms with E-state index in [1.807, 2.05) is 28.9 Å². The lowest BCUT2D eigenvalue weighted by Gasteiger charge is -2.39. The summed E-state index contributed by atoms with van der Waals surface area (Å²) < 4.78 is 19.6. The standard InChI is InChI=1S/C24H29N7O3S.ClH/c1-32-15-14-31-23(26-27-28-31)22(18-16-17(33-2)8-9-20(18)34-3)29-10-12-30(13-11-29)24-25-19-6-4-5-7-21(19)35-24;/h4-9,16,22H,10-15H2,1-3H3;1H. The number of methoxy groups -OCH3 is 3. The van der Waals surface area contributed by atoms with Gasteiger partial charge in [0.15, 0.2) is 11.0 Å². The second-order valence-electron chi connectivity index (χ2n) is 8.25. The third-order valence-electron chi connectivity index (χ3n) is 6.28. The Morgan fingerprint density at radius 2 is 1.81 bits per heavy atom. The van der Waals surface area contributed by atoms with Crippen molar-refractivity contribution in [1.29, 1.82) is 0 Å². The zero-order valence-corrected chi connectivity index (χ0v) is 22.2. The van der Waals surface area contributed by atoms with Gasteiger partial charge in [-0.1, -0.05) is 23.5 Å². The maximum atomic E-state index is 5.76. The monoisotopic (exact) mass is 531 g/mol. The van der Waals surface area contributed by atoms with Crippen molar-refractivity contribution in [2.24, 2.45) is 0 Å². The largest absolute Gasteiger partial charge is 0.497 e. The van der Waals surface area contributed by atoms with Crippen molar-refractivity contribution in [1.82, 2.24) is 30.1 Å². The third-order valence-corrected chi connectivity index (χ3v) is 7.37. The molecule has 1 fully saturated rings. The number of rotatable bonds is 9. The van der Waals surface area contributed by atoms with Crippen molar-refractivity contribution in [3.63, 3.8) is 0 Å². The highest BCUT2D eigenvalue weighted by Gasteiger charge is 2.33. The van der Waals surface area contributed by atoms with Crippen LogP contribution < -0.4 is 14.4 Å². The molecule has 0 saturated carbocycles. The Bertz CT molecular complexity index is 1240. The van der Waals surface area contributed by atoms with Gasteiger partial charge in [0.1, 0.15) is 17.5 Å². The number of benzene rings is 2. The number of para-hydroxylation sites is 1. The van der Waals surface area contributed by atoms with Crippen LogP contribution in [0.5, 0.6) is 11.5 Å². The molecule has 1 aliphatic heterocycles. The number of fused-ring (bicyclic) bond motifs is 1. The average molecular weight is 532 g/mol. The van der Waals surface area contributed by atoms with Crippen LogP contribution in [0, 0.1) is 0 Å². The molecule has 2 aromatic heterocycles. The molecule has 10 nitrogen and oxygen atoms in total. The van der Waals surface area contributed by atoms with E-state index in [0.29, 0.717) is 13.2 Å². The predicted molar refractivity (Wildman–Crippen MR) is 142 cm³/mol. The first-order chi connectivity index (χ1) is 17.2. The molecule has 192 valence electrons. The van der Waals surface area contributed by atoms with E-state index in [0.717, 1.165) is 59.7 Å². The van der Waals surface area contributed by atoms with Gasteiger partial charge in [0.2, 0.25) is 0 Å². The number of hydrogen-bond acceptors (Lipinski definition) is 10. The van der Waals surface area contributed by atoms with Gasteiger partial charge >= 0.3 is 0 Å². The zero-order valence-electron chi connectivity index (χ0n) is 20.5. The summed E-state index contributed by atoms with van der Waals surface area (Å²) in [7, 11) is 5.02. The lowest BCUT2D eigenvalue weighted by molar-refractivity contribution is 0.171. The van der Waals surface area contributed by atoms with Crippen LogP contribution in [-0.4, -0.2) is 84.2 Å². The second-order valence-corrected chi connectivity index (χ2v) is 9.26. The molecule has 0 amide bonds. The maximum Gasteiger partial charge on any atom is 0.186 e. The van der Waals surface area contributed by atoms with Crippen molar-refractivity contribution in [2.75, 3.05) is 59.0 Å². The van der Waals surface area contributed by atoms with Crippen LogP contribution in [-0.2, 0) is 11.3 Å². The fraction of sp³-hybridized carbons (Fsp3) is 0.417. The van der Waals surface area contributed by atoms with Crippen molar-refractivity contribution in [3.8, 4) is 11.5 Å². The first kappa shape index (κ1) is 26.1. The Labute approximate surface area is 220 Å². The smallest absolute Gasteiger partial charge is 0.186 e. The van der Waals surface area contributed by atoms with Gasteiger partial charge < -0.3 is 19.1 Å². The molecule has 3 heterocycles. The van der Waals surface area contributed by atoms with Crippen LogP contribution in [0.3, 0.4) is 0 Å². The first-order valence-electron chi connectivity index (χ1n) is 11.5. The Morgan fingerprint density at radius 3 is 2.53 bits per heavy atom. The molecule has 1 saturated heterocycles. The summed E-state index contributed by atoms with van der Waals surface area (Å²) in [6, 6.07) is 13.9. The number of hydrogen-bond donors (Lipinski definition) is 0. The number of aromatic nitrogens is 5. The molecule has 1 atom stereocenters. The van der Waals surface area contributed by atoms with Crippen molar-refractivity contribution in [2.45, 2.75) is 12.6 Å². The van der Waals surface area contributed by atoms with Crippen LogP contribution in [0.15, 0.2) is 42.5 Å². The van der Waals surface area contributed by atoms with Crippen LogP contribution in [0.25, 0.3) is 10.2 Å². The molecule has 4 aromatic rings. The molecule has 0 aliphatic carbocycles. The van der Waals surface area contributed by atoms with E-state index in [1.165, 1.54) is 4.70 Å². The number of thiazole rings is 1. The highest BCUT2D eigenvalue weighted by molar-refractivity contribution is 7.22. The van der Waals surface area contributed by atoms with Crippen molar-refractivity contribution in [3.05, 3.63) is 53.9 Å². The summed E-state index contributed by atoms with van der Waals surface area (Å²) in [5.74, 6) is 2.28. The normalized spacial score (nSPS) is 15.0. The van der Waals surface area contributed by atoms with Crippen molar-refractivity contribution < 1.29 is 14.2 Å². The molecule has 1 unspecified atom stereocenters. The highest BCUT2D eigenvalue weighted by Crippen LogP contribution is 2.37. The molecule has 12 heteroatoms. The summed E-state index contributed by atoms with van der Waals surface area (Å²) in [6.45, 7) is 4.42. The highest BCUT2D eigenvalue weighted by atomic mass is 35.5. The number of piperazine rings is 1. The quantitative estimate of drug-likeness (QED) is 0.322. The molecular formula is C24H30ClN7O3S. The van der Waals surface area contributed by atoms with E-state index in [2.05, 4.69) is 43.5 Å². The van der Waals surface area contributed by atoms with E-state index >= 15 is 0 Å². The molecule has 36 heavy (non-hydrogen) atoms. The molecular weight excluding hydrogens is 502 g/mol. The summed E-state index contributed by atoms with van der Waals surface area (Å²) in [4.78, 5) is 9.61. The van der Waals surface area contributed by atoms with E-state index in [1.54, 1.807) is 32.7 Å². The Kier molecular flexibility index (Phi) is 8.57. The fourth-order valence-electron chi connectivity index (χ4n) is 4.46. The van der Waals surface area contributed by atoms with Crippen LogP contribution in [0.4, 0.5) is 5.13 Å². The summed E-state index contributed by atoms with van der Waals surface area (Å²) >= 11 is 1.74. The number of ether oxygens (including phenoxy) is 3. The van der Waals surface area contributed by atoms with Gasteiger partial charge in [-0.3, -0.25) is 4.90 Å². The summed E-state index contributed by atoms with van der Waals surface area (Å²) in [5.41, 5.74) is 2.01. The van der Waals surface area contributed by atoms with Crippen molar-refractivity contribution >= 4 is 39.1 Å². The third kappa shape index (κ3) is 5.24. The SMILES string of the molecule is COCCn1nnnc1C(c1cc(OC)ccc1OC)N1CCN(c2nc3ccccc3s2)CC1.Cl. The lowest BCUT2D eigenvalue weighted by atomic mass is 10.0. The Balaban J connectivity index is 0.00000304. The van der Waals surface area contributed by atoms with Gasteiger partial charge in [-0.15, -0.1) is 17.5 Å². The molecule has 0 N–H and O–H groups in total. The fourth-order valence-corrected chi connectivity index (χ4v) is 5.48. The van der Waals surface area contributed by atoms with Gasteiger partial charge in [-0.2, -0.15) is 0 Å². The minimum atomic E-state index is -0.204. The number of halogens is 1. The van der Waals surface area contributed by atoms with E-state index in [9.17, 15) is 0 Å². The molecule has 1 aliphatic rings. The number of anilines is 1. The first-order valence-corrected chi connectivity index (χ1v) is 12.3.